The second kappa shape index (κ2) is 14.3. The Bertz CT molecular complexity index is 4570. The largest absolute Gasteiger partial charge is 0.454 e. The number of thiophene rings is 1. The van der Waals surface area contributed by atoms with E-state index in [0.29, 0.717) is 17.6 Å². The van der Waals surface area contributed by atoms with Gasteiger partial charge in [0.15, 0.2) is 17.2 Å². The van der Waals surface area contributed by atoms with Crippen molar-refractivity contribution >= 4 is 108 Å². The molecule has 6 nitrogen and oxygen atoms in total. The molecule has 316 valence electrons. The van der Waals surface area contributed by atoms with Gasteiger partial charge >= 0.3 is 0 Å². The molecule has 0 saturated heterocycles. The molecule has 0 atom stereocenters. The van der Waals surface area contributed by atoms with E-state index in [1.54, 1.807) is 11.3 Å². The molecular formula is C61H35N5OS. The molecule has 0 radical (unpaired) electrons. The minimum absolute atomic E-state index is 0.541. The fraction of sp³-hybridized carbons (Fsp3) is 0. The van der Waals surface area contributed by atoms with Gasteiger partial charge in [-0.2, -0.15) is 9.97 Å². The highest BCUT2D eigenvalue weighted by Crippen LogP contribution is 2.46. The molecule has 0 aliphatic heterocycles. The number of para-hydroxylation sites is 3. The van der Waals surface area contributed by atoms with Crippen molar-refractivity contribution in [3.8, 4) is 45.5 Å². The first-order chi connectivity index (χ1) is 33.7. The maximum absolute atomic E-state index is 6.99. The van der Waals surface area contributed by atoms with Crippen LogP contribution in [0, 0.1) is 0 Å². The van der Waals surface area contributed by atoms with Crippen LogP contribution in [-0.2, 0) is 0 Å². The molecule has 5 heterocycles. The zero-order chi connectivity index (χ0) is 44.5. The van der Waals surface area contributed by atoms with E-state index >= 15 is 0 Å². The van der Waals surface area contributed by atoms with Crippen LogP contribution in [0.3, 0.4) is 0 Å². The third-order valence-corrected chi connectivity index (χ3v) is 14.9. The van der Waals surface area contributed by atoms with Crippen LogP contribution in [0.2, 0.25) is 0 Å². The van der Waals surface area contributed by atoms with Gasteiger partial charge in [0, 0.05) is 63.6 Å². The Morgan fingerprint density at radius 2 is 0.971 bits per heavy atom. The number of hydrogen-bond donors (Lipinski definition) is 0. The summed E-state index contributed by atoms with van der Waals surface area (Å²) in [5.74, 6) is 1.75. The molecule has 0 fully saturated rings. The molecule has 0 unspecified atom stereocenters. The second-order valence-electron chi connectivity index (χ2n) is 17.5. The Morgan fingerprint density at radius 1 is 0.368 bits per heavy atom. The Balaban J connectivity index is 1.08. The van der Waals surface area contributed by atoms with Gasteiger partial charge in [-0.1, -0.05) is 170 Å². The summed E-state index contributed by atoms with van der Waals surface area (Å²) in [5.41, 5.74) is 10.8. The second-order valence-corrected chi connectivity index (χ2v) is 18.6. The molecular weight excluding hydrogens is 851 g/mol. The van der Waals surface area contributed by atoms with Crippen molar-refractivity contribution in [2.75, 3.05) is 0 Å². The van der Waals surface area contributed by atoms with E-state index in [0.717, 1.165) is 93.5 Å². The lowest BCUT2D eigenvalue weighted by atomic mass is 9.96. The van der Waals surface area contributed by atoms with E-state index in [-0.39, 0.29) is 0 Å². The third kappa shape index (κ3) is 5.42. The van der Waals surface area contributed by atoms with Crippen molar-refractivity contribution in [2.24, 2.45) is 0 Å². The molecule has 15 aromatic rings. The fourth-order valence-electron chi connectivity index (χ4n) is 10.7. The molecule has 0 N–H and O–H groups in total. The van der Waals surface area contributed by atoms with Crippen LogP contribution in [0.15, 0.2) is 217 Å². The number of hydrogen-bond acceptors (Lipinski definition) is 5. The Morgan fingerprint density at radius 3 is 1.78 bits per heavy atom. The van der Waals surface area contributed by atoms with Gasteiger partial charge in [0.05, 0.1) is 27.8 Å². The monoisotopic (exact) mass is 885 g/mol. The van der Waals surface area contributed by atoms with Gasteiger partial charge in [0.2, 0.25) is 5.95 Å². The van der Waals surface area contributed by atoms with Crippen LogP contribution in [-0.4, -0.2) is 24.1 Å². The molecule has 0 aliphatic rings. The van der Waals surface area contributed by atoms with Crippen molar-refractivity contribution in [1.29, 1.82) is 0 Å². The van der Waals surface area contributed by atoms with Crippen LogP contribution in [0.5, 0.6) is 0 Å². The molecule has 0 aliphatic carbocycles. The van der Waals surface area contributed by atoms with E-state index < -0.39 is 0 Å². The van der Waals surface area contributed by atoms with Crippen LogP contribution >= 0.6 is 11.3 Å². The first-order valence-electron chi connectivity index (χ1n) is 22.8. The van der Waals surface area contributed by atoms with Crippen LogP contribution in [0.4, 0.5) is 0 Å². The first-order valence-corrected chi connectivity index (χ1v) is 23.7. The van der Waals surface area contributed by atoms with Crippen molar-refractivity contribution in [3.05, 3.63) is 212 Å². The van der Waals surface area contributed by atoms with E-state index in [9.17, 15) is 0 Å². The van der Waals surface area contributed by atoms with E-state index in [2.05, 4.69) is 197 Å². The lowest BCUT2D eigenvalue weighted by molar-refractivity contribution is 0.666. The minimum atomic E-state index is 0.541. The van der Waals surface area contributed by atoms with Gasteiger partial charge in [-0.15, -0.1) is 11.3 Å². The molecule has 0 saturated carbocycles. The van der Waals surface area contributed by atoms with Crippen molar-refractivity contribution in [2.45, 2.75) is 0 Å². The highest BCUT2D eigenvalue weighted by molar-refractivity contribution is 7.25. The Kier molecular flexibility index (Phi) is 7.85. The maximum atomic E-state index is 6.99. The topological polar surface area (TPSA) is 61.7 Å². The average molecular weight is 886 g/mol. The first kappa shape index (κ1) is 37.3. The van der Waals surface area contributed by atoms with Gasteiger partial charge in [0.25, 0.3) is 0 Å². The molecule has 0 spiro atoms. The predicted molar refractivity (Wildman–Crippen MR) is 282 cm³/mol. The Labute approximate surface area is 392 Å². The summed E-state index contributed by atoms with van der Waals surface area (Å²) >= 11 is 1.79. The molecule has 0 bridgehead atoms. The van der Waals surface area contributed by atoms with Crippen LogP contribution in [0.1, 0.15) is 0 Å². The van der Waals surface area contributed by atoms with E-state index in [1.165, 1.54) is 30.9 Å². The molecule has 10 aromatic carbocycles. The standard InChI is InChI=1S/C61H35N5OS/c1-2-16-37(17-3-1)59-62-60(38-29-30-46-45-23-9-13-28-54(45)68-55(46)35-38)64-61(63-59)66-51-26-11-7-21-43(51)48-32-31-47-42-20-6-10-25-50(42)65(56(47)57(48)66)52-34-39(41-24-14-18-36-15-4-5-19-40(36)41)33-49-44-22-8-12-27-53(44)67-58(49)52/h1-35H. The van der Waals surface area contributed by atoms with Crippen molar-refractivity contribution in [1.82, 2.24) is 24.1 Å². The molecule has 68 heavy (non-hydrogen) atoms. The maximum Gasteiger partial charge on any atom is 0.238 e. The van der Waals surface area contributed by atoms with Crippen molar-refractivity contribution < 1.29 is 4.42 Å². The summed E-state index contributed by atoms with van der Waals surface area (Å²) < 4.78 is 14.1. The number of furan rings is 1. The summed E-state index contributed by atoms with van der Waals surface area (Å²) in [6.45, 7) is 0. The predicted octanol–water partition coefficient (Wildman–Crippen LogP) is 16.5. The normalized spacial score (nSPS) is 12.1. The summed E-state index contributed by atoms with van der Waals surface area (Å²) in [6.07, 6.45) is 0. The summed E-state index contributed by atoms with van der Waals surface area (Å²) in [6, 6.07) is 75.5. The highest BCUT2D eigenvalue weighted by Gasteiger charge is 2.26. The molecule has 0 amide bonds. The van der Waals surface area contributed by atoms with E-state index in [1.807, 2.05) is 24.3 Å². The molecule has 5 aromatic heterocycles. The zero-order valence-corrected chi connectivity index (χ0v) is 37.1. The number of aromatic nitrogens is 5. The van der Waals surface area contributed by atoms with Gasteiger partial charge in [-0.05, 0) is 64.4 Å². The SMILES string of the molecule is c1ccc(-c2nc(-c3ccc4c(c3)sc3ccccc34)nc(-n3c4ccccc4c4ccc5c6ccccc6n(-c6cc(-c7cccc8ccccc78)cc7c6oc6ccccc67)c5c43)n2)cc1. The summed E-state index contributed by atoms with van der Waals surface area (Å²) in [7, 11) is 0. The van der Waals surface area contributed by atoms with Gasteiger partial charge < -0.3 is 8.98 Å². The number of fused-ring (bicyclic) bond motifs is 14. The van der Waals surface area contributed by atoms with Gasteiger partial charge in [-0.25, -0.2) is 4.98 Å². The summed E-state index contributed by atoms with van der Waals surface area (Å²) in [4.78, 5) is 16.1. The zero-order valence-electron chi connectivity index (χ0n) is 36.3. The number of rotatable bonds is 5. The lowest BCUT2D eigenvalue weighted by Crippen LogP contribution is -2.07. The summed E-state index contributed by atoms with van der Waals surface area (Å²) in [5, 5.41) is 11.5. The third-order valence-electron chi connectivity index (χ3n) is 13.8. The van der Waals surface area contributed by atoms with Crippen LogP contribution < -0.4 is 0 Å². The minimum Gasteiger partial charge on any atom is -0.454 e. The average Bonchev–Trinajstić information content (AvgIpc) is 4.16. The number of nitrogens with zero attached hydrogens (tertiary/aromatic N) is 5. The van der Waals surface area contributed by atoms with Gasteiger partial charge in [-0.3, -0.25) is 4.57 Å². The lowest BCUT2D eigenvalue weighted by Gasteiger charge is -2.15. The van der Waals surface area contributed by atoms with E-state index in [4.69, 9.17) is 19.4 Å². The van der Waals surface area contributed by atoms with Crippen LogP contribution in [0.25, 0.3) is 142 Å². The van der Waals surface area contributed by atoms with Crippen molar-refractivity contribution in [3.63, 3.8) is 0 Å². The quantitative estimate of drug-likeness (QED) is 0.173. The smallest absolute Gasteiger partial charge is 0.238 e. The Hall–Kier alpha value is -8.91. The molecule has 7 heteroatoms. The molecule has 15 rings (SSSR count). The number of benzene rings is 10. The van der Waals surface area contributed by atoms with Gasteiger partial charge in [0.1, 0.15) is 5.58 Å². The fourth-order valence-corrected chi connectivity index (χ4v) is 11.9. The highest BCUT2D eigenvalue weighted by atomic mass is 32.1.